The van der Waals surface area contributed by atoms with Crippen molar-refractivity contribution in [2.24, 2.45) is 0 Å². The van der Waals surface area contributed by atoms with E-state index in [0.717, 1.165) is 5.69 Å². The number of nitrogens with zero attached hydrogens (tertiary/aromatic N) is 4. The average Bonchev–Trinajstić information content (AvgIpc) is 3.56. The minimum absolute atomic E-state index is 0.201. The summed E-state index contributed by atoms with van der Waals surface area (Å²) in [6.07, 6.45) is 8.50. The van der Waals surface area contributed by atoms with Gasteiger partial charge in [0.15, 0.2) is 0 Å². The molecule has 1 atom stereocenters. The molecule has 5 aromatic rings. The van der Waals surface area contributed by atoms with E-state index in [9.17, 15) is 12.8 Å². The third-order valence-corrected chi connectivity index (χ3v) is 9.26. The molecule has 0 bridgehead atoms. The lowest BCUT2D eigenvalue weighted by atomic mass is 9.85. The van der Waals surface area contributed by atoms with Crippen molar-refractivity contribution in [3.05, 3.63) is 131 Å². The summed E-state index contributed by atoms with van der Waals surface area (Å²) in [6, 6.07) is 20.4. The normalized spacial score (nSPS) is 15.3. The molecule has 0 spiro atoms. The van der Waals surface area contributed by atoms with Gasteiger partial charge in [0.1, 0.15) is 47.2 Å². The van der Waals surface area contributed by atoms with E-state index < -0.39 is 21.7 Å². The molecule has 0 fully saturated rings. The summed E-state index contributed by atoms with van der Waals surface area (Å²) in [6.45, 7) is 1.09. The summed E-state index contributed by atoms with van der Waals surface area (Å²) in [7, 11) is -2.37. The van der Waals surface area contributed by atoms with Crippen LogP contribution in [-0.2, 0) is 33.7 Å². The Balaban J connectivity index is 1.19. The number of hydrogen-bond acceptors (Lipinski definition) is 8. The molecule has 3 aromatic carbocycles. The molecule has 0 saturated heterocycles. The van der Waals surface area contributed by atoms with Crippen molar-refractivity contribution in [3.63, 3.8) is 0 Å². The van der Waals surface area contributed by atoms with Gasteiger partial charge in [0, 0.05) is 60.5 Å². The zero-order chi connectivity index (χ0) is 34.2. The van der Waals surface area contributed by atoms with Crippen LogP contribution in [-0.4, -0.2) is 46.9 Å². The van der Waals surface area contributed by atoms with Gasteiger partial charge in [0.05, 0.1) is 16.3 Å². The molecule has 2 aromatic heterocycles. The third-order valence-electron chi connectivity index (χ3n) is 8.17. The number of ether oxygens (including phenoxy) is 2. The van der Waals surface area contributed by atoms with Crippen LogP contribution in [0, 0.1) is 11.6 Å². The molecule has 1 N–H and O–H groups in total. The first-order chi connectivity index (χ1) is 23.8. The fraction of sp³-hybridized carbons (Fsp3) is 0.222. The number of benzene rings is 3. The largest absolute Gasteiger partial charge is 0.490 e. The van der Waals surface area contributed by atoms with Crippen LogP contribution in [0.25, 0.3) is 10.9 Å². The van der Waals surface area contributed by atoms with Gasteiger partial charge in [-0.15, -0.1) is 0 Å². The van der Waals surface area contributed by atoms with E-state index in [1.165, 1.54) is 30.0 Å². The van der Waals surface area contributed by atoms with Crippen LogP contribution >= 0.6 is 15.9 Å². The van der Waals surface area contributed by atoms with Crippen molar-refractivity contribution in [2.75, 3.05) is 18.4 Å². The number of pyridine rings is 1. The molecule has 6 rings (SSSR count). The third kappa shape index (κ3) is 8.66. The van der Waals surface area contributed by atoms with Crippen LogP contribution in [0.2, 0.25) is 0 Å². The van der Waals surface area contributed by atoms with Crippen molar-refractivity contribution in [3.8, 4) is 5.75 Å². The minimum Gasteiger partial charge on any atom is -0.490 e. The lowest BCUT2D eigenvalue weighted by Crippen LogP contribution is -2.31. The predicted molar refractivity (Wildman–Crippen MR) is 188 cm³/mol. The van der Waals surface area contributed by atoms with E-state index in [4.69, 9.17) is 9.47 Å². The van der Waals surface area contributed by atoms with Crippen molar-refractivity contribution in [1.29, 1.82) is 0 Å². The van der Waals surface area contributed by atoms with E-state index in [0.29, 0.717) is 82.5 Å². The Hall–Kier alpha value is -4.72. The highest BCUT2D eigenvalue weighted by Gasteiger charge is 2.38. The standard InChI is InChI=1S/C36H32BrF2N5O4S/c37-31-19-28(9-10-34(31)47-22-25-6-3-7-26(38)18-25)43-35-29-20-30(32(39)21-33(29)41-23-42-35)36(13-5-17-48-36)12-4-15-44(24-49(45)46)16-11-27-8-1-2-14-40-27/h1-3,5-10,14,17-21,23-24H,4,11-13,15-16,22H2,(H,41,42,43). The number of aromatic nitrogens is 3. The van der Waals surface area contributed by atoms with Crippen molar-refractivity contribution < 1.29 is 26.7 Å². The maximum absolute atomic E-state index is 15.8. The summed E-state index contributed by atoms with van der Waals surface area (Å²) in [5, 5.41) is 3.91. The summed E-state index contributed by atoms with van der Waals surface area (Å²) >= 11 is 3.55. The van der Waals surface area contributed by atoms with Gasteiger partial charge in [-0.1, -0.05) is 18.2 Å². The van der Waals surface area contributed by atoms with Crippen molar-refractivity contribution in [1.82, 2.24) is 19.9 Å². The summed E-state index contributed by atoms with van der Waals surface area (Å²) in [5.74, 6) is 0.270. The molecular formula is C36H32BrF2N5O4S. The fourth-order valence-electron chi connectivity index (χ4n) is 5.79. The molecule has 3 heterocycles. The second-order valence-corrected chi connectivity index (χ2v) is 13.1. The fourth-order valence-corrected chi connectivity index (χ4v) is 6.74. The molecule has 9 nitrogen and oxygen atoms in total. The van der Waals surface area contributed by atoms with Crippen LogP contribution in [0.1, 0.15) is 36.1 Å². The van der Waals surface area contributed by atoms with Crippen molar-refractivity contribution in [2.45, 2.75) is 37.9 Å². The van der Waals surface area contributed by atoms with Gasteiger partial charge in [-0.05, 0) is 88.9 Å². The molecule has 0 aliphatic carbocycles. The molecule has 252 valence electrons. The first-order valence-electron chi connectivity index (χ1n) is 15.6. The Bertz CT molecular complexity index is 2100. The van der Waals surface area contributed by atoms with Crippen LogP contribution < -0.4 is 10.1 Å². The van der Waals surface area contributed by atoms with Gasteiger partial charge >= 0.3 is 0 Å². The molecule has 0 saturated carbocycles. The molecule has 0 amide bonds. The highest BCUT2D eigenvalue weighted by atomic mass is 79.9. The Morgan fingerprint density at radius 3 is 2.67 bits per heavy atom. The Kier molecular flexibility index (Phi) is 10.9. The maximum atomic E-state index is 15.8. The van der Waals surface area contributed by atoms with Crippen LogP contribution in [0.5, 0.6) is 5.75 Å². The lowest BCUT2D eigenvalue weighted by Gasteiger charge is -2.31. The molecular weight excluding hydrogens is 716 g/mol. The van der Waals surface area contributed by atoms with E-state index in [1.807, 2.05) is 36.4 Å². The zero-order valence-electron chi connectivity index (χ0n) is 26.2. The zero-order valence-corrected chi connectivity index (χ0v) is 28.6. The van der Waals surface area contributed by atoms with Crippen LogP contribution in [0.3, 0.4) is 0 Å². The van der Waals surface area contributed by atoms with Gasteiger partial charge in [0.25, 0.3) is 0 Å². The number of nitrogens with one attached hydrogen (secondary N) is 1. The summed E-state index contributed by atoms with van der Waals surface area (Å²) < 4.78 is 65.2. The topological polar surface area (TPSA) is 107 Å². The van der Waals surface area contributed by atoms with Crippen LogP contribution in [0.15, 0.2) is 102 Å². The first-order valence-corrected chi connectivity index (χ1v) is 17.5. The second-order valence-electron chi connectivity index (χ2n) is 11.5. The predicted octanol–water partition coefficient (Wildman–Crippen LogP) is 7.48. The van der Waals surface area contributed by atoms with E-state index >= 15 is 4.39 Å². The Labute approximate surface area is 292 Å². The molecule has 49 heavy (non-hydrogen) atoms. The second kappa shape index (κ2) is 15.7. The monoisotopic (exact) mass is 747 g/mol. The van der Waals surface area contributed by atoms with Gasteiger partial charge in [0.2, 0.25) is 10.3 Å². The van der Waals surface area contributed by atoms with Crippen molar-refractivity contribution >= 4 is 54.1 Å². The van der Waals surface area contributed by atoms with E-state index in [-0.39, 0.29) is 12.4 Å². The summed E-state index contributed by atoms with van der Waals surface area (Å²) in [4.78, 5) is 14.8. The quantitative estimate of drug-likeness (QED) is 0.116. The molecule has 13 heteroatoms. The average molecular weight is 749 g/mol. The number of fused-ring (bicyclic) bond motifs is 1. The highest BCUT2D eigenvalue weighted by Crippen LogP contribution is 2.42. The molecule has 1 unspecified atom stereocenters. The van der Waals surface area contributed by atoms with Gasteiger partial charge in [-0.25, -0.2) is 18.7 Å². The summed E-state index contributed by atoms with van der Waals surface area (Å²) in [5.41, 5.74) is 3.24. The maximum Gasteiger partial charge on any atom is 0.225 e. The highest BCUT2D eigenvalue weighted by molar-refractivity contribution is 9.10. The van der Waals surface area contributed by atoms with E-state index in [2.05, 4.69) is 36.2 Å². The Morgan fingerprint density at radius 2 is 1.92 bits per heavy atom. The molecule has 1 aliphatic heterocycles. The lowest BCUT2D eigenvalue weighted by molar-refractivity contribution is 0.0260. The number of halogens is 3. The number of rotatable bonds is 14. The number of anilines is 2. The SMILES string of the molecule is O=S(=O)=CN(CCCC1(c2cc3c(Nc4ccc(OCc5cccc(F)c5)c(Br)c4)ncnc3cc2F)CC=CO1)CCc1ccccn1. The minimum atomic E-state index is -2.37. The Morgan fingerprint density at radius 1 is 1.02 bits per heavy atom. The van der Waals surface area contributed by atoms with Crippen LogP contribution in [0.4, 0.5) is 20.3 Å². The van der Waals surface area contributed by atoms with Gasteiger partial charge in [-0.3, -0.25) is 9.88 Å². The van der Waals surface area contributed by atoms with Gasteiger partial charge < -0.3 is 14.8 Å². The molecule has 1 aliphatic rings. The van der Waals surface area contributed by atoms with Gasteiger partial charge in [-0.2, -0.15) is 8.42 Å². The smallest absolute Gasteiger partial charge is 0.225 e. The van der Waals surface area contributed by atoms with E-state index in [1.54, 1.807) is 41.6 Å². The first kappa shape index (κ1) is 34.2. The molecule has 0 radical (unpaired) electrons. The number of hydrogen-bond donors (Lipinski definition) is 1.